The zero-order valence-corrected chi connectivity index (χ0v) is 12.6. The van der Waals surface area contributed by atoms with Crippen molar-refractivity contribution in [2.45, 2.75) is 31.7 Å². The third kappa shape index (κ3) is 3.99. The van der Waals surface area contributed by atoms with Crippen molar-refractivity contribution in [1.82, 2.24) is 4.72 Å². The van der Waals surface area contributed by atoms with Gasteiger partial charge in [0.25, 0.3) is 5.69 Å². The Morgan fingerprint density at radius 1 is 1.48 bits per heavy atom. The summed E-state index contributed by atoms with van der Waals surface area (Å²) in [5, 5.41) is 11.0. The standard InChI is InChI=1S/C12H16N2O6S/c1-4-20-12(15)9(3)13-21(18,19)11-8(2)6-5-7-10(11)14(16)17/h5-7,9,13H,4H2,1-3H3. The van der Waals surface area contributed by atoms with Gasteiger partial charge in [0.15, 0.2) is 4.90 Å². The lowest BCUT2D eigenvalue weighted by atomic mass is 10.2. The van der Waals surface area contributed by atoms with E-state index in [9.17, 15) is 23.3 Å². The van der Waals surface area contributed by atoms with Crippen molar-refractivity contribution in [2.24, 2.45) is 0 Å². The van der Waals surface area contributed by atoms with Gasteiger partial charge in [-0.25, -0.2) is 8.42 Å². The van der Waals surface area contributed by atoms with Gasteiger partial charge in [0.2, 0.25) is 10.0 Å². The summed E-state index contributed by atoms with van der Waals surface area (Å²) in [5.41, 5.74) is -0.327. The quantitative estimate of drug-likeness (QED) is 0.478. The number of hydrogen-bond acceptors (Lipinski definition) is 6. The number of sulfonamides is 1. The van der Waals surface area contributed by atoms with Crippen LogP contribution in [0.2, 0.25) is 0 Å². The predicted molar refractivity (Wildman–Crippen MR) is 74.2 cm³/mol. The number of benzene rings is 1. The van der Waals surface area contributed by atoms with Crippen LogP contribution in [-0.2, 0) is 19.6 Å². The second kappa shape index (κ2) is 6.64. The van der Waals surface area contributed by atoms with E-state index in [1.165, 1.54) is 26.0 Å². The van der Waals surface area contributed by atoms with Gasteiger partial charge < -0.3 is 4.74 Å². The zero-order valence-electron chi connectivity index (χ0n) is 11.8. The lowest BCUT2D eigenvalue weighted by Crippen LogP contribution is -2.39. The fourth-order valence-corrected chi connectivity index (χ4v) is 3.33. The summed E-state index contributed by atoms with van der Waals surface area (Å²) in [6.07, 6.45) is 0. The molecule has 0 spiro atoms. The normalized spacial score (nSPS) is 12.7. The van der Waals surface area contributed by atoms with Crippen molar-refractivity contribution in [3.05, 3.63) is 33.9 Å². The Labute approximate surface area is 122 Å². The summed E-state index contributed by atoms with van der Waals surface area (Å²) < 4.78 is 31.3. The van der Waals surface area contributed by atoms with Crippen molar-refractivity contribution in [3.8, 4) is 0 Å². The van der Waals surface area contributed by atoms with Crippen LogP contribution in [0.5, 0.6) is 0 Å². The van der Waals surface area contributed by atoms with E-state index in [-0.39, 0.29) is 12.2 Å². The maximum atomic E-state index is 12.3. The number of carbonyl (C=O) groups is 1. The van der Waals surface area contributed by atoms with Crippen LogP contribution in [0.25, 0.3) is 0 Å². The van der Waals surface area contributed by atoms with Gasteiger partial charge in [0.1, 0.15) is 6.04 Å². The van der Waals surface area contributed by atoms with E-state index >= 15 is 0 Å². The number of nitrogens with zero attached hydrogens (tertiary/aromatic N) is 1. The van der Waals surface area contributed by atoms with E-state index in [4.69, 9.17) is 4.74 Å². The van der Waals surface area contributed by atoms with Gasteiger partial charge in [-0.15, -0.1) is 0 Å². The molecule has 1 rings (SSSR count). The molecule has 1 atom stereocenters. The van der Waals surface area contributed by atoms with Crippen molar-refractivity contribution in [1.29, 1.82) is 0 Å². The Morgan fingerprint density at radius 3 is 2.62 bits per heavy atom. The van der Waals surface area contributed by atoms with Crippen molar-refractivity contribution in [3.63, 3.8) is 0 Å². The zero-order chi connectivity index (χ0) is 16.2. The summed E-state index contributed by atoms with van der Waals surface area (Å²) in [4.78, 5) is 21.2. The van der Waals surface area contributed by atoms with E-state index < -0.39 is 37.5 Å². The van der Waals surface area contributed by atoms with E-state index in [1.807, 2.05) is 0 Å². The van der Waals surface area contributed by atoms with Gasteiger partial charge in [-0.05, 0) is 26.3 Å². The van der Waals surface area contributed by atoms with Crippen molar-refractivity contribution >= 4 is 21.7 Å². The first-order valence-corrected chi connectivity index (χ1v) is 7.62. The molecule has 1 N–H and O–H groups in total. The highest BCUT2D eigenvalue weighted by Gasteiger charge is 2.30. The lowest BCUT2D eigenvalue weighted by molar-refractivity contribution is -0.387. The number of nitrogens with one attached hydrogen (secondary N) is 1. The molecule has 0 saturated carbocycles. The molecule has 0 amide bonds. The minimum absolute atomic E-state index is 0.107. The van der Waals surface area contributed by atoms with E-state index in [1.54, 1.807) is 6.92 Å². The molecule has 0 fully saturated rings. The number of rotatable bonds is 6. The SMILES string of the molecule is CCOC(=O)C(C)NS(=O)(=O)c1c(C)cccc1[N+](=O)[O-]. The average molecular weight is 316 g/mol. The third-order valence-electron chi connectivity index (χ3n) is 2.63. The summed E-state index contributed by atoms with van der Waals surface area (Å²) in [5.74, 6) is -0.752. The highest BCUT2D eigenvalue weighted by molar-refractivity contribution is 7.89. The second-order valence-electron chi connectivity index (χ2n) is 4.28. The summed E-state index contributed by atoms with van der Waals surface area (Å²) >= 11 is 0. The molecule has 116 valence electrons. The topological polar surface area (TPSA) is 116 Å². The van der Waals surface area contributed by atoms with Crippen molar-refractivity contribution in [2.75, 3.05) is 6.61 Å². The van der Waals surface area contributed by atoms with Crippen LogP contribution in [0.4, 0.5) is 5.69 Å². The first kappa shape index (κ1) is 17.1. The van der Waals surface area contributed by atoms with Crippen LogP contribution >= 0.6 is 0 Å². The van der Waals surface area contributed by atoms with Crippen LogP contribution in [0.3, 0.4) is 0 Å². The monoisotopic (exact) mass is 316 g/mol. The minimum Gasteiger partial charge on any atom is -0.465 e. The smallest absolute Gasteiger partial charge is 0.323 e. The summed E-state index contributed by atoms with van der Waals surface area (Å²) in [6.45, 7) is 4.44. The van der Waals surface area contributed by atoms with Crippen LogP contribution in [-0.4, -0.2) is 32.0 Å². The molecule has 1 aromatic rings. The van der Waals surface area contributed by atoms with Crippen LogP contribution in [0.1, 0.15) is 19.4 Å². The second-order valence-corrected chi connectivity index (χ2v) is 5.93. The molecule has 8 nitrogen and oxygen atoms in total. The van der Waals surface area contributed by atoms with E-state index in [0.29, 0.717) is 0 Å². The van der Waals surface area contributed by atoms with Crippen LogP contribution < -0.4 is 4.72 Å². The first-order valence-electron chi connectivity index (χ1n) is 6.13. The van der Waals surface area contributed by atoms with Gasteiger partial charge in [-0.3, -0.25) is 14.9 Å². The Morgan fingerprint density at radius 2 is 2.10 bits per heavy atom. The lowest BCUT2D eigenvalue weighted by Gasteiger charge is -2.14. The number of nitro groups is 1. The molecule has 0 heterocycles. The third-order valence-corrected chi connectivity index (χ3v) is 4.36. The molecule has 0 aliphatic carbocycles. The Kier molecular flexibility index (Phi) is 5.39. The van der Waals surface area contributed by atoms with Crippen LogP contribution in [0.15, 0.2) is 23.1 Å². The summed E-state index contributed by atoms with van der Waals surface area (Å²) in [7, 11) is -4.22. The molecule has 1 aromatic carbocycles. The highest BCUT2D eigenvalue weighted by atomic mass is 32.2. The van der Waals surface area contributed by atoms with E-state index in [2.05, 4.69) is 4.72 Å². The van der Waals surface area contributed by atoms with Gasteiger partial charge in [-0.2, -0.15) is 4.72 Å². The van der Waals surface area contributed by atoms with Crippen LogP contribution in [0, 0.1) is 17.0 Å². The minimum atomic E-state index is -4.22. The molecule has 0 radical (unpaired) electrons. The fraction of sp³-hybridized carbons (Fsp3) is 0.417. The summed E-state index contributed by atoms with van der Waals surface area (Å²) in [6, 6.07) is 2.78. The molecule has 21 heavy (non-hydrogen) atoms. The number of ether oxygens (including phenoxy) is 1. The first-order chi connectivity index (χ1) is 9.70. The van der Waals surface area contributed by atoms with E-state index in [0.717, 1.165) is 6.07 Å². The molecule has 0 saturated heterocycles. The molecule has 0 aromatic heterocycles. The molecular formula is C12H16N2O6S. The molecular weight excluding hydrogens is 300 g/mol. The Balaban J connectivity index is 3.20. The van der Waals surface area contributed by atoms with Gasteiger partial charge in [-0.1, -0.05) is 12.1 Å². The van der Waals surface area contributed by atoms with Gasteiger partial charge in [0, 0.05) is 6.07 Å². The Bertz CT molecular complexity index is 656. The van der Waals surface area contributed by atoms with Gasteiger partial charge >= 0.3 is 5.97 Å². The Hall–Kier alpha value is -2.00. The molecule has 1 unspecified atom stereocenters. The average Bonchev–Trinajstić information content (AvgIpc) is 2.37. The highest BCUT2D eigenvalue weighted by Crippen LogP contribution is 2.26. The molecule has 0 aliphatic heterocycles. The number of hydrogen-bond donors (Lipinski definition) is 1. The number of aryl methyl sites for hydroxylation is 1. The number of esters is 1. The maximum Gasteiger partial charge on any atom is 0.323 e. The van der Waals surface area contributed by atoms with Crippen molar-refractivity contribution < 1.29 is 22.9 Å². The maximum absolute atomic E-state index is 12.3. The number of carbonyl (C=O) groups excluding carboxylic acids is 1. The van der Waals surface area contributed by atoms with Gasteiger partial charge in [0.05, 0.1) is 11.5 Å². The molecule has 0 aliphatic rings. The molecule has 0 bridgehead atoms. The number of nitro benzene ring substituents is 1. The largest absolute Gasteiger partial charge is 0.465 e. The molecule has 9 heteroatoms. The predicted octanol–water partition coefficient (Wildman–Crippen LogP) is 1.13. The fourth-order valence-electron chi connectivity index (χ4n) is 1.74.